The first-order chi connectivity index (χ1) is 12.0. The zero-order chi connectivity index (χ0) is 18.2. The van der Waals surface area contributed by atoms with E-state index in [9.17, 15) is 18.4 Å². The van der Waals surface area contributed by atoms with Crippen LogP contribution in [-0.4, -0.2) is 25.0 Å². The van der Waals surface area contributed by atoms with Gasteiger partial charge >= 0.3 is 5.97 Å². The third kappa shape index (κ3) is 5.38. The van der Waals surface area contributed by atoms with Gasteiger partial charge in [0.15, 0.2) is 0 Å². The summed E-state index contributed by atoms with van der Waals surface area (Å²) < 4.78 is 32.0. The fourth-order valence-corrected chi connectivity index (χ4v) is 2.45. The molecule has 0 unspecified atom stereocenters. The molecule has 1 atom stereocenters. The first-order valence-electron chi connectivity index (χ1n) is 7.85. The Hall–Kier alpha value is -2.76. The summed E-state index contributed by atoms with van der Waals surface area (Å²) in [7, 11) is 1.22. The van der Waals surface area contributed by atoms with Crippen molar-refractivity contribution in [3.05, 3.63) is 71.3 Å². The van der Waals surface area contributed by atoms with E-state index in [4.69, 9.17) is 4.74 Å². The largest absolute Gasteiger partial charge is 0.467 e. The predicted octanol–water partition coefficient (Wildman–Crippen LogP) is 2.80. The minimum Gasteiger partial charge on any atom is -0.467 e. The Labute approximate surface area is 144 Å². The van der Waals surface area contributed by atoms with Gasteiger partial charge in [0, 0.05) is 5.56 Å². The Kier molecular flexibility index (Phi) is 6.62. The number of carbonyl (C=O) groups excluding carboxylic acids is 2. The van der Waals surface area contributed by atoms with Crippen molar-refractivity contribution in [3.63, 3.8) is 0 Å². The lowest BCUT2D eigenvalue weighted by Gasteiger charge is -2.17. The molecule has 0 heterocycles. The summed E-state index contributed by atoms with van der Waals surface area (Å²) in [6, 6.07) is 12.0. The molecule has 0 saturated carbocycles. The van der Waals surface area contributed by atoms with Gasteiger partial charge in [-0.15, -0.1) is 0 Å². The van der Waals surface area contributed by atoms with Gasteiger partial charge in [-0.25, -0.2) is 13.6 Å². The predicted molar refractivity (Wildman–Crippen MR) is 88.8 cm³/mol. The van der Waals surface area contributed by atoms with Gasteiger partial charge < -0.3 is 10.1 Å². The molecule has 0 spiro atoms. The number of carbonyl (C=O) groups is 2. The highest BCUT2D eigenvalue weighted by Gasteiger charge is 2.22. The van der Waals surface area contributed by atoms with Crippen LogP contribution in [0.2, 0.25) is 0 Å². The second kappa shape index (κ2) is 8.92. The molecule has 2 aromatic rings. The molecular weight excluding hydrogens is 328 g/mol. The molecule has 0 fully saturated rings. The van der Waals surface area contributed by atoms with Gasteiger partial charge in [0.05, 0.1) is 13.5 Å². The molecule has 0 bridgehead atoms. The van der Waals surface area contributed by atoms with Crippen LogP contribution in [0.3, 0.4) is 0 Å². The monoisotopic (exact) mass is 347 g/mol. The number of hydrogen-bond donors (Lipinski definition) is 1. The van der Waals surface area contributed by atoms with Gasteiger partial charge in [-0.2, -0.15) is 0 Å². The first-order valence-corrected chi connectivity index (χ1v) is 7.85. The lowest BCUT2D eigenvalue weighted by Crippen LogP contribution is -2.42. The van der Waals surface area contributed by atoms with Crippen LogP contribution < -0.4 is 5.32 Å². The van der Waals surface area contributed by atoms with E-state index >= 15 is 0 Å². The normalized spacial score (nSPS) is 11.6. The van der Waals surface area contributed by atoms with Crippen molar-refractivity contribution in [1.82, 2.24) is 5.32 Å². The maximum Gasteiger partial charge on any atom is 0.328 e. The molecule has 6 heteroatoms. The average molecular weight is 347 g/mol. The molecule has 2 rings (SSSR count). The standard InChI is InChI=1S/C19H19F2NO3/c1-25-19(24)17(11-10-13-6-3-2-4-7-13)22-18(23)12-14-15(20)8-5-9-16(14)21/h2-9,17H,10-12H2,1H3,(H,22,23)/t17-/m0/s1. The van der Waals surface area contributed by atoms with Crippen LogP contribution >= 0.6 is 0 Å². The summed E-state index contributed by atoms with van der Waals surface area (Å²) in [4.78, 5) is 24.0. The second-order valence-electron chi connectivity index (χ2n) is 5.54. The van der Waals surface area contributed by atoms with E-state index in [1.165, 1.54) is 13.2 Å². The van der Waals surface area contributed by atoms with E-state index in [0.717, 1.165) is 17.7 Å². The number of benzene rings is 2. The molecule has 0 aliphatic carbocycles. The average Bonchev–Trinajstić information content (AvgIpc) is 2.62. The summed E-state index contributed by atoms with van der Waals surface area (Å²) >= 11 is 0. The minimum atomic E-state index is -0.882. The van der Waals surface area contributed by atoms with Crippen molar-refractivity contribution >= 4 is 11.9 Å². The van der Waals surface area contributed by atoms with Gasteiger partial charge in [0.25, 0.3) is 0 Å². The van der Waals surface area contributed by atoms with Crippen molar-refractivity contribution in [3.8, 4) is 0 Å². The second-order valence-corrected chi connectivity index (χ2v) is 5.54. The number of methoxy groups -OCH3 is 1. The number of halogens is 2. The van der Waals surface area contributed by atoms with Gasteiger partial charge in [0.2, 0.25) is 5.91 Å². The van der Waals surface area contributed by atoms with Crippen LogP contribution in [0, 0.1) is 11.6 Å². The highest BCUT2D eigenvalue weighted by atomic mass is 19.1. The van der Waals surface area contributed by atoms with Crippen molar-refractivity contribution < 1.29 is 23.1 Å². The van der Waals surface area contributed by atoms with E-state index in [2.05, 4.69) is 5.32 Å². The lowest BCUT2D eigenvalue weighted by molar-refractivity contribution is -0.145. The molecule has 1 N–H and O–H groups in total. The highest BCUT2D eigenvalue weighted by Crippen LogP contribution is 2.13. The molecule has 0 radical (unpaired) electrons. The summed E-state index contributed by atoms with van der Waals surface area (Å²) in [6.07, 6.45) is 0.383. The molecule has 1 amide bonds. The van der Waals surface area contributed by atoms with Crippen LogP contribution in [0.25, 0.3) is 0 Å². The number of esters is 1. The molecule has 0 saturated heterocycles. The summed E-state index contributed by atoms with van der Waals surface area (Å²) in [6.45, 7) is 0. The van der Waals surface area contributed by atoms with Crippen LogP contribution in [0.5, 0.6) is 0 Å². The smallest absolute Gasteiger partial charge is 0.328 e. The van der Waals surface area contributed by atoms with E-state index in [0.29, 0.717) is 12.8 Å². The lowest BCUT2D eigenvalue weighted by atomic mass is 10.0. The summed E-state index contributed by atoms with van der Waals surface area (Å²) in [5.41, 5.74) is 0.678. The Morgan fingerprint density at radius 1 is 1.04 bits per heavy atom. The molecule has 0 aromatic heterocycles. The maximum atomic E-state index is 13.6. The molecule has 2 aromatic carbocycles. The van der Waals surface area contributed by atoms with Crippen molar-refractivity contribution in [2.45, 2.75) is 25.3 Å². The SMILES string of the molecule is COC(=O)[C@H](CCc1ccccc1)NC(=O)Cc1c(F)cccc1F. The van der Waals surface area contributed by atoms with Crippen LogP contribution in [-0.2, 0) is 27.2 Å². The number of ether oxygens (including phenoxy) is 1. The number of hydrogen-bond acceptors (Lipinski definition) is 3. The van der Waals surface area contributed by atoms with Crippen LogP contribution in [0.4, 0.5) is 8.78 Å². The zero-order valence-electron chi connectivity index (χ0n) is 13.8. The quantitative estimate of drug-likeness (QED) is 0.784. The molecule has 25 heavy (non-hydrogen) atoms. The van der Waals surface area contributed by atoms with E-state index < -0.39 is 36.0 Å². The zero-order valence-corrected chi connectivity index (χ0v) is 13.8. The summed E-state index contributed by atoms with van der Waals surface area (Å²) in [5, 5.41) is 2.49. The molecule has 4 nitrogen and oxygen atoms in total. The number of aryl methyl sites for hydroxylation is 1. The van der Waals surface area contributed by atoms with Gasteiger partial charge in [-0.1, -0.05) is 36.4 Å². The fourth-order valence-electron chi connectivity index (χ4n) is 2.45. The Morgan fingerprint density at radius 3 is 2.28 bits per heavy atom. The van der Waals surface area contributed by atoms with Crippen LogP contribution in [0.1, 0.15) is 17.5 Å². The van der Waals surface area contributed by atoms with Crippen molar-refractivity contribution in [1.29, 1.82) is 0 Å². The van der Waals surface area contributed by atoms with E-state index in [-0.39, 0.29) is 5.56 Å². The topological polar surface area (TPSA) is 55.4 Å². The maximum absolute atomic E-state index is 13.6. The number of nitrogens with one attached hydrogen (secondary N) is 1. The Balaban J connectivity index is 2.01. The molecule has 132 valence electrons. The first kappa shape index (κ1) is 18.6. The van der Waals surface area contributed by atoms with Crippen molar-refractivity contribution in [2.24, 2.45) is 0 Å². The van der Waals surface area contributed by atoms with Gasteiger partial charge in [-0.05, 0) is 30.5 Å². The van der Waals surface area contributed by atoms with E-state index in [1.54, 1.807) is 0 Å². The van der Waals surface area contributed by atoms with Gasteiger partial charge in [0.1, 0.15) is 17.7 Å². The third-order valence-corrected chi connectivity index (χ3v) is 3.78. The van der Waals surface area contributed by atoms with Gasteiger partial charge in [-0.3, -0.25) is 4.79 Å². The molecule has 0 aliphatic rings. The van der Waals surface area contributed by atoms with Crippen LogP contribution in [0.15, 0.2) is 48.5 Å². The van der Waals surface area contributed by atoms with E-state index in [1.807, 2.05) is 30.3 Å². The number of amides is 1. The molecule has 0 aliphatic heterocycles. The number of rotatable bonds is 7. The fraction of sp³-hybridized carbons (Fsp3) is 0.263. The highest BCUT2D eigenvalue weighted by molar-refractivity contribution is 5.85. The Bertz CT molecular complexity index is 714. The summed E-state index contributed by atoms with van der Waals surface area (Å²) in [5.74, 6) is -2.84. The Morgan fingerprint density at radius 2 is 1.68 bits per heavy atom. The minimum absolute atomic E-state index is 0.322. The van der Waals surface area contributed by atoms with Crippen molar-refractivity contribution in [2.75, 3.05) is 7.11 Å². The molecular formula is C19H19F2NO3. The third-order valence-electron chi connectivity index (χ3n) is 3.78.